The van der Waals surface area contributed by atoms with Crippen molar-refractivity contribution in [3.63, 3.8) is 0 Å². The van der Waals surface area contributed by atoms with Crippen LogP contribution in [0.4, 0.5) is 0 Å². The fourth-order valence-corrected chi connectivity index (χ4v) is 4.98. The van der Waals surface area contributed by atoms with Crippen LogP contribution in [0.5, 0.6) is 5.75 Å². The van der Waals surface area contributed by atoms with Gasteiger partial charge in [0.1, 0.15) is 11.4 Å². The van der Waals surface area contributed by atoms with Crippen LogP contribution in [0.25, 0.3) is 10.9 Å². The molecule has 0 saturated carbocycles. The van der Waals surface area contributed by atoms with E-state index in [-0.39, 0.29) is 11.4 Å². The fraction of sp³-hybridized carbons (Fsp3) is 0.455. The highest BCUT2D eigenvalue weighted by Gasteiger charge is 2.42. The van der Waals surface area contributed by atoms with Gasteiger partial charge in [0.2, 0.25) is 0 Å². The van der Waals surface area contributed by atoms with Gasteiger partial charge in [-0.15, -0.1) is 0 Å². The number of amides is 1. The van der Waals surface area contributed by atoms with Gasteiger partial charge in [0, 0.05) is 49.0 Å². The summed E-state index contributed by atoms with van der Waals surface area (Å²) < 4.78 is 7.21. The second-order valence-electron chi connectivity index (χ2n) is 7.97. The number of H-pyrrole nitrogens is 1. The first kappa shape index (κ1) is 18.2. The zero-order valence-electron chi connectivity index (χ0n) is 17.0. The SMILES string of the molecule is CCn1nccc1C(=O)N1CCC2(CC1)NCCc1c2[nH]c2ccc(OC)cc12. The Labute approximate surface area is 170 Å². The van der Waals surface area contributed by atoms with Crippen molar-refractivity contribution in [3.8, 4) is 5.75 Å². The Morgan fingerprint density at radius 2 is 2.10 bits per heavy atom. The third-order valence-electron chi connectivity index (χ3n) is 6.57. The molecule has 7 heteroatoms. The summed E-state index contributed by atoms with van der Waals surface area (Å²) in [6.07, 6.45) is 4.50. The Kier molecular flexibility index (Phi) is 4.35. The number of rotatable bonds is 3. The number of piperidine rings is 1. The number of likely N-dealkylation sites (tertiary alicyclic amines) is 1. The van der Waals surface area contributed by atoms with Crippen LogP contribution in [0.3, 0.4) is 0 Å². The molecule has 2 aromatic heterocycles. The van der Waals surface area contributed by atoms with Crippen LogP contribution < -0.4 is 10.1 Å². The van der Waals surface area contributed by atoms with E-state index in [2.05, 4.69) is 27.5 Å². The first-order valence-electron chi connectivity index (χ1n) is 10.4. The van der Waals surface area contributed by atoms with E-state index in [1.165, 1.54) is 16.6 Å². The number of nitrogens with one attached hydrogen (secondary N) is 2. The quantitative estimate of drug-likeness (QED) is 0.717. The van der Waals surface area contributed by atoms with Gasteiger partial charge in [0.15, 0.2) is 0 Å². The first-order chi connectivity index (χ1) is 14.1. The van der Waals surface area contributed by atoms with E-state index in [4.69, 9.17) is 4.74 Å². The van der Waals surface area contributed by atoms with Crippen molar-refractivity contribution in [2.75, 3.05) is 26.7 Å². The number of aryl methyl sites for hydroxylation is 1. The lowest BCUT2D eigenvalue weighted by atomic mass is 9.79. The van der Waals surface area contributed by atoms with Gasteiger partial charge in [-0.3, -0.25) is 9.48 Å². The lowest BCUT2D eigenvalue weighted by Gasteiger charge is -2.44. The zero-order chi connectivity index (χ0) is 20.0. The number of aromatic nitrogens is 3. The zero-order valence-corrected chi connectivity index (χ0v) is 17.0. The van der Waals surface area contributed by atoms with Gasteiger partial charge in [-0.25, -0.2) is 0 Å². The summed E-state index contributed by atoms with van der Waals surface area (Å²) in [7, 11) is 1.71. The Morgan fingerprint density at radius 1 is 1.28 bits per heavy atom. The molecule has 0 aliphatic carbocycles. The lowest BCUT2D eigenvalue weighted by Crippen LogP contribution is -2.55. The minimum Gasteiger partial charge on any atom is -0.497 e. The van der Waals surface area contributed by atoms with Crippen molar-refractivity contribution in [2.24, 2.45) is 0 Å². The number of nitrogens with zero attached hydrogens (tertiary/aromatic N) is 3. The molecular formula is C22H27N5O2. The summed E-state index contributed by atoms with van der Waals surface area (Å²) in [6, 6.07) is 8.06. The molecule has 1 aromatic carbocycles. The summed E-state index contributed by atoms with van der Waals surface area (Å²) in [5.41, 5.74) is 4.42. The van der Waals surface area contributed by atoms with E-state index in [0.29, 0.717) is 12.2 Å². The molecule has 1 amide bonds. The van der Waals surface area contributed by atoms with Gasteiger partial charge in [-0.05, 0) is 56.0 Å². The highest BCUT2D eigenvalue weighted by Crippen LogP contribution is 2.41. The molecule has 1 fully saturated rings. The number of ether oxygens (including phenoxy) is 1. The third-order valence-corrected chi connectivity index (χ3v) is 6.57. The normalized spacial score (nSPS) is 18.2. The Hall–Kier alpha value is -2.80. The van der Waals surface area contributed by atoms with Crippen molar-refractivity contribution in [3.05, 3.63) is 47.4 Å². The molecule has 3 aromatic rings. The number of hydrogen-bond donors (Lipinski definition) is 2. The van der Waals surface area contributed by atoms with Crippen molar-refractivity contribution < 1.29 is 9.53 Å². The topological polar surface area (TPSA) is 75.2 Å². The molecule has 1 saturated heterocycles. The molecule has 7 nitrogen and oxygen atoms in total. The fourth-order valence-electron chi connectivity index (χ4n) is 4.98. The Morgan fingerprint density at radius 3 is 2.86 bits per heavy atom. The maximum absolute atomic E-state index is 13.0. The largest absolute Gasteiger partial charge is 0.497 e. The molecule has 0 unspecified atom stereocenters. The molecule has 0 radical (unpaired) electrons. The van der Waals surface area contributed by atoms with Gasteiger partial charge in [-0.2, -0.15) is 5.10 Å². The molecule has 5 rings (SSSR count). The average molecular weight is 393 g/mol. The monoisotopic (exact) mass is 393 g/mol. The number of methoxy groups -OCH3 is 1. The minimum absolute atomic E-state index is 0.0802. The van der Waals surface area contributed by atoms with Crippen molar-refractivity contribution >= 4 is 16.8 Å². The molecule has 0 atom stereocenters. The Bertz CT molecular complexity index is 1060. The smallest absolute Gasteiger partial charge is 0.272 e. The highest BCUT2D eigenvalue weighted by atomic mass is 16.5. The molecule has 2 aliphatic heterocycles. The molecular weight excluding hydrogens is 366 g/mol. The van der Waals surface area contributed by atoms with Crippen molar-refractivity contribution in [2.45, 2.75) is 38.3 Å². The standard InChI is InChI=1S/C22H27N5O2/c1-3-27-19(7-11-24-27)21(28)26-12-8-22(9-13-26)20-16(6-10-23-22)17-14-15(29-2)4-5-18(17)25-20/h4-5,7,11,14,23,25H,3,6,8-10,12-13H2,1-2H3. The van der Waals surface area contributed by atoms with Crippen LogP contribution in [-0.4, -0.2) is 52.3 Å². The van der Waals surface area contributed by atoms with E-state index < -0.39 is 0 Å². The summed E-state index contributed by atoms with van der Waals surface area (Å²) in [5.74, 6) is 0.969. The Balaban J connectivity index is 1.42. The van der Waals surface area contributed by atoms with Crippen LogP contribution in [0.15, 0.2) is 30.5 Å². The van der Waals surface area contributed by atoms with E-state index in [1.807, 2.05) is 24.0 Å². The van der Waals surface area contributed by atoms with E-state index >= 15 is 0 Å². The second kappa shape index (κ2) is 6.91. The van der Waals surface area contributed by atoms with Crippen LogP contribution in [0, 0.1) is 0 Å². The number of fused-ring (bicyclic) bond motifs is 4. The van der Waals surface area contributed by atoms with E-state index in [9.17, 15) is 4.79 Å². The maximum Gasteiger partial charge on any atom is 0.272 e. The van der Waals surface area contributed by atoms with E-state index in [0.717, 1.165) is 50.2 Å². The predicted octanol–water partition coefficient (Wildman–Crippen LogP) is 2.67. The summed E-state index contributed by atoms with van der Waals surface area (Å²) in [4.78, 5) is 18.6. The number of benzene rings is 1. The second-order valence-corrected chi connectivity index (χ2v) is 7.97. The first-order valence-corrected chi connectivity index (χ1v) is 10.4. The summed E-state index contributed by atoms with van der Waals surface area (Å²) in [6.45, 7) is 5.13. The number of aromatic amines is 1. The molecule has 152 valence electrons. The predicted molar refractivity (Wildman–Crippen MR) is 111 cm³/mol. The van der Waals surface area contributed by atoms with Gasteiger partial charge in [0.05, 0.1) is 12.6 Å². The third kappa shape index (κ3) is 2.83. The van der Waals surface area contributed by atoms with Gasteiger partial charge in [0.25, 0.3) is 5.91 Å². The van der Waals surface area contributed by atoms with Crippen molar-refractivity contribution in [1.82, 2.24) is 25.0 Å². The molecule has 0 bridgehead atoms. The molecule has 1 spiro atoms. The van der Waals surface area contributed by atoms with Crippen LogP contribution in [0.2, 0.25) is 0 Å². The lowest BCUT2D eigenvalue weighted by molar-refractivity contribution is 0.0614. The molecule has 2 aliphatic rings. The van der Waals surface area contributed by atoms with Gasteiger partial charge in [-0.1, -0.05) is 0 Å². The number of carbonyl (C=O) groups is 1. The molecule has 4 heterocycles. The van der Waals surface area contributed by atoms with Gasteiger partial charge >= 0.3 is 0 Å². The maximum atomic E-state index is 13.0. The molecule has 29 heavy (non-hydrogen) atoms. The highest BCUT2D eigenvalue weighted by molar-refractivity contribution is 5.92. The summed E-state index contributed by atoms with van der Waals surface area (Å²) >= 11 is 0. The van der Waals surface area contributed by atoms with Crippen LogP contribution in [0.1, 0.15) is 41.5 Å². The molecule has 2 N–H and O–H groups in total. The van der Waals surface area contributed by atoms with Crippen molar-refractivity contribution in [1.29, 1.82) is 0 Å². The number of hydrogen-bond acceptors (Lipinski definition) is 4. The van der Waals surface area contributed by atoms with Crippen LogP contribution >= 0.6 is 0 Å². The average Bonchev–Trinajstić information content (AvgIpc) is 3.39. The minimum atomic E-state index is -0.0956. The van der Waals surface area contributed by atoms with E-state index in [1.54, 1.807) is 18.0 Å². The van der Waals surface area contributed by atoms with Crippen LogP contribution in [-0.2, 0) is 18.5 Å². The number of carbonyl (C=O) groups excluding carboxylic acids is 1. The summed E-state index contributed by atoms with van der Waals surface area (Å²) in [5, 5.41) is 9.28. The van der Waals surface area contributed by atoms with Gasteiger partial charge < -0.3 is 19.9 Å².